The summed E-state index contributed by atoms with van der Waals surface area (Å²) >= 11 is 0. The Hall–Kier alpha value is -3.02. The number of fused-ring (bicyclic) bond motifs is 1. The van der Waals surface area contributed by atoms with Crippen LogP contribution >= 0.6 is 0 Å². The molecule has 0 saturated carbocycles. The second kappa shape index (κ2) is 5.40. The number of imide groups is 1. The Morgan fingerprint density at radius 1 is 1.32 bits per heavy atom. The smallest absolute Gasteiger partial charge is 0.277 e. The van der Waals surface area contributed by atoms with Crippen LogP contribution in [0.4, 0.5) is 0 Å². The van der Waals surface area contributed by atoms with Gasteiger partial charge in [-0.05, 0) is 23.8 Å². The van der Waals surface area contributed by atoms with Gasteiger partial charge in [-0.3, -0.25) is 24.3 Å². The van der Waals surface area contributed by atoms with Crippen LogP contribution in [0.2, 0.25) is 0 Å². The molecule has 3 rings (SSSR count). The molecule has 0 spiro atoms. The van der Waals surface area contributed by atoms with E-state index in [1.807, 2.05) is 30.3 Å². The van der Waals surface area contributed by atoms with Gasteiger partial charge in [0, 0.05) is 18.5 Å². The normalized spacial score (nSPS) is 17.0. The van der Waals surface area contributed by atoms with Gasteiger partial charge in [0.1, 0.15) is 12.2 Å². The van der Waals surface area contributed by atoms with Gasteiger partial charge in [0.15, 0.2) is 0 Å². The monoisotopic (exact) mass is 295 g/mol. The summed E-state index contributed by atoms with van der Waals surface area (Å²) < 4.78 is 0. The molecule has 0 atom stereocenters. The third kappa shape index (κ3) is 2.58. The fraction of sp³-hybridized carbons (Fsp3) is 0.125. The molecule has 0 aliphatic carbocycles. The number of piperazine rings is 1. The maximum absolute atomic E-state index is 12.2. The van der Waals surface area contributed by atoms with Crippen molar-refractivity contribution in [1.29, 1.82) is 0 Å². The Kier molecular flexibility index (Phi) is 3.42. The van der Waals surface area contributed by atoms with E-state index in [0.29, 0.717) is 5.56 Å². The largest absolute Gasteiger partial charge is 0.320 e. The highest BCUT2D eigenvalue weighted by molar-refractivity contribution is 6.12. The SMILES string of the molecule is CC(=O)N1CC(=O)N/C(=C/c2cnc3ccccc3c2)C1=O. The van der Waals surface area contributed by atoms with E-state index in [4.69, 9.17) is 0 Å². The number of nitrogens with one attached hydrogen (secondary N) is 1. The molecule has 0 radical (unpaired) electrons. The number of nitrogens with zero attached hydrogens (tertiary/aromatic N) is 2. The lowest BCUT2D eigenvalue weighted by Crippen LogP contribution is -2.51. The quantitative estimate of drug-likeness (QED) is 0.798. The summed E-state index contributed by atoms with van der Waals surface area (Å²) in [4.78, 5) is 40.4. The predicted molar refractivity (Wildman–Crippen MR) is 80.3 cm³/mol. The fourth-order valence-electron chi connectivity index (χ4n) is 2.29. The van der Waals surface area contributed by atoms with Gasteiger partial charge >= 0.3 is 0 Å². The van der Waals surface area contributed by atoms with Gasteiger partial charge < -0.3 is 5.32 Å². The van der Waals surface area contributed by atoms with E-state index < -0.39 is 17.7 Å². The molecule has 1 fully saturated rings. The molecule has 6 nitrogen and oxygen atoms in total. The molecule has 22 heavy (non-hydrogen) atoms. The molecule has 1 N–H and O–H groups in total. The number of hydrogen-bond donors (Lipinski definition) is 1. The van der Waals surface area contributed by atoms with Gasteiger partial charge in [0.2, 0.25) is 11.8 Å². The first-order valence-corrected chi connectivity index (χ1v) is 6.73. The van der Waals surface area contributed by atoms with E-state index in [-0.39, 0.29) is 12.2 Å². The van der Waals surface area contributed by atoms with Gasteiger partial charge in [0.05, 0.1) is 5.52 Å². The molecule has 2 heterocycles. The summed E-state index contributed by atoms with van der Waals surface area (Å²) in [7, 11) is 0. The van der Waals surface area contributed by atoms with Crippen LogP contribution in [-0.2, 0) is 14.4 Å². The number of aromatic nitrogens is 1. The first-order valence-electron chi connectivity index (χ1n) is 6.73. The molecule has 3 amide bonds. The minimum Gasteiger partial charge on any atom is -0.320 e. The van der Waals surface area contributed by atoms with Crippen molar-refractivity contribution >= 4 is 34.7 Å². The highest BCUT2D eigenvalue weighted by Gasteiger charge is 2.30. The lowest BCUT2D eigenvalue weighted by Gasteiger charge is -2.25. The molecular weight excluding hydrogens is 282 g/mol. The van der Waals surface area contributed by atoms with Crippen molar-refractivity contribution in [3.8, 4) is 0 Å². The standard InChI is InChI=1S/C16H13N3O3/c1-10(20)19-9-15(21)18-14(16(19)22)7-11-6-12-4-2-3-5-13(12)17-8-11/h2-8H,9H2,1H3,(H,18,21)/b14-7+. The number of benzene rings is 1. The molecule has 1 aliphatic rings. The Balaban J connectivity index is 1.99. The van der Waals surface area contributed by atoms with Crippen LogP contribution in [0.1, 0.15) is 12.5 Å². The number of pyridine rings is 1. The van der Waals surface area contributed by atoms with E-state index in [1.54, 1.807) is 6.20 Å². The molecular formula is C16H13N3O3. The summed E-state index contributed by atoms with van der Waals surface area (Å²) in [5.41, 5.74) is 1.59. The second-order valence-electron chi connectivity index (χ2n) is 4.98. The van der Waals surface area contributed by atoms with Gasteiger partial charge in [-0.25, -0.2) is 0 Å². The van der Waals surface area contributed by atoms with Crippen LogP contribution < -0.4 is 5.32 Å². The van der Waals surface area contributed by atoms with Crippen molar-refractivity contribution in [2.24, 2.45) is 0 Å². The van der Waals surface area contributed by atoms with Gasteiger partial charge in [0.25, 0.3) is 5.91 Å². The minimum absolute atomic E-state index is 0.0727. The van der Waals surface area contributed by atoms with Crippen LogP contribution in [0.25, 0.3) is 17.0 Å². The summed E-state index contributed by atoms with van der Waals surface area (Å²) in [6.07, 6.45) is 3.14. The van der Waals surface area contributed by atoms with E-state index in [0.717, 1.165) is 15.8 Å². The van der Waals surface area contributed by atoms with Crippen LogP contribution in [0.3, 0.4) is 0 Å². The molecule has 1 aromatic heterocycles. The van der Waals surface area contributed by atoms with Crippen LogP contribution in [0.5, 0.6) is 0 Å². The molecule has 110 valence electrons. The summed E-state index contributed by atoms with van der Waals surface area (Å²) in [6.45, 7) is 1.01. The maximum Gasteiger partial charge on any atom is 0.277 e. The average Bonchev–Trinajstić information content (AvgIpc) is 2.50. The lowest BCUT2D eigenvalue weighted by molar-refractivity contribution is -0.147. The number of hydrogen-bond acceptors (Lipinski definition) is 4. The van der Waals surface area contributed by atoms with Gasteiger partial charge in [-0.15, -0.1) is 0 Å². The molecule has 1 aromatic carbocycles. The highest BCUT2D eigenvalue weighted by Crippen LogP contribution is 2.16. The summed E-state index contributed by atoms with van der Waals surface area (Å²) in [5.74, 6) is -1.36. The van der Waals surface area contributed by atoms with E-state index >= 15 is 0 Å². The van der Waals surface area contributed by atoms with E-state index in [9.17, 15) is 14.4 Å². The minimum atomic E-state index is -0.514. The second-order valence-corrected chi connectivity index (χ2v) is 4.98. The number of para-hydroxylation sites is 1. The van der Waals surface area contributed by atoms with Crippen molar-refractivity contribution in [3.05, 3.63) is 47.8 Å². The molecule has 6 heteroatoms. The first kappa shape index (κ1) is 13.9. The summed E-state index contributed by atoms with van der Waals surface area (Å²) in [6, 6.07) is 9.45. The fourth-order valence-corrected chi connectivity index (χ4v) is 2.29. The van der Waals surface area contributed by atoms with Crippen molar-refractivity contribution in [2.45, 2.75) is 6.92 Å². The highest BCUT2D eigenvalue weighted by atomic mass is 16.2. The van der Waals surface area contributed by atoms with Crippen molar-refractivity contribution in [2.75, 3.05) is 6.54 Å². The Morgan fingerprint density at radius 3 is 2.86 bits per heavy atom. The van der Waals surface area contributed by atoms with Crippen LogP contribution in [0, 0.1) is 0 Å². The number of carbonyl (C=O) groups excluding carboxylic acids is 3. The Bertz CT molecular complexity index is 826. The van der Waals surface area contributed by atoms with Crippen LogP contribution in [-0.4, -0.2) is 34.2 Å². The number of rotatable bonds is 1. The van der Waals surface area contributed by atoms with Crippen molar-refractivity contribution in [3.63, 3.8) is 0 Å². The molecule has 1 saturated heterocycles. The van der Waals surface area contributed by atoms with Crippen molar-refractivity contribution < 1.29 is 14.4 Å². The zero-order valence-corrected chi connectivity index (χ0v) is 11.9. The zero-order chi connectivity index (χ0) is 15.7. The Labute approximate surface area is 126 Å². The average molecular weight is 295 g/mol. The molecule has 1 aliphatic heterocycles. The van der Waals surface area contributed by atoms with E-state index in [1.165, 1.54) is 13.0 Å². The molecule has 2 aromatic rings. The van der Waals surface area contributed by atoms with Crippen LogP contribution in [0.15, 0.2) is 42.2 Å². The predicted octanol–water partition coefficient (Wildman–Crippen LogP) is 1.08. The first-order chi connectivity index (χ1) is 10.5. The molecule has 0 bridgehead atoms. The Morgan fingerprint density at radius 2 is 2.09 bits per heavy atom. The lowest BCUT2D eigenvalue weighted by atomic mass is 10.1. The molecule has 0 unspecified atom stereocenters. The van der Waals surface area contributed by atoms with Gasteiger partial charge in [-0.1, -0.05) is 18.2 Å². The van der Waals surface area contributed by atoms with E-state index in [2.05, 4.69) is 10.3 Å². The third-order valence-corrected chi connectivity index (χ3v) is 3.35. The number of carbonyl (C=O) groups is 3. The van der Waals surface area contributed by atoms with Gasteiger partial charge in [-0.2, -0.15) is 0 Å². The zero-order valence-electron chi connectivity index (χ0n) is 11.9. The third-order valence-electron chi connectivity index (χ3n) is 3.35. The topological polar surface area (TPSA) is 79.4 Å². The summed E-state index contributed by atoms with van der Waals surface area (Å²) in [5, 5.41) is 3.42. The number of amides is 3. The maximum atomic E-state index is 12.2. The van der Waals surface area contributed by atoms with Crippen molar-refractivity contribution in [1.82, 2.24) is 15.2 Å².